The molecule has 2 amide bonds. The first-order valence-electron chi connectivity index (χ1n) is 8.75. The lowest BCUT2D eigenvalue weighted by Crippen LogP contribution is -2.52. The van der Waals surface area contributed by atoms with E-state index in [1.807, 2.05) is 33.8 Å². The molecule has 1 aliphatic heterocycles. The van der Waals surface area contributed by atoms with E-state index >= 15 is 0 Å². The normalized spacial score (nSPS) is 19.1. The number of hydrogen-bond acceptors (Lipinski definition) is 3. The number of allylic oxidation sites excluding steroid dienone is 1. The average molecular weight is 336 g/mol. The standard InChI is InChI=1S/C19H32N2O3/c1-8-10-14(20-18(23)19(4,5)6)17(22)21-13(3)12-16(24-7)15(21)11-9-2/h12,14-15H,3,8-11H2,1-2,4-7H3,(H,20,23). The highest BCUT2D eigenvalue weighted by atomic mass is 16.5. The Morgan fingerprint density at radius 2 is 1.96 bits per heavy atom. The number of methoxy groups -OCH3 is 1. The summed E-state index contributed by atoms with van der Waals surface area (Å²) in [5.41, 5.74) is 0.0916. The van der Waals surface area contributed by atoms with Crippen molar-refractivity contribution in [3.63, 3.8) is 0 Å². The molecule has 1 heterocycles. The summed E-state index contributed by atoms with van der Waals surface area (Å²) in [4.78, 5) is 27.1. The van der Waals surface area contributed by atoms with Gasteiger partial charge in [0.15, 0.2) is 0 Å². The van der Waals surface area contributed by atoms with Crippen LogP contribution in [0.15, 0.2) is 24.1 Å². The molecule has 136 valence electrons. The van der Waals surface area contributed by atoms with Crippen molar-refractivity contribution < 1.29 is 14.3 Å². The van der Waals surface area contributed by atoms with Crippen LogP contribution >= 0.6 is 0 Å². The van der Waals surface area contributed by atoms with Gasteiger partial charge in [-0.3, -0.25) is 9.59 Å². The van der Waals surface area contributed by atoms with Gasteiger partial charge in [0.25, 0.3) is 0 Å². The van der Waals surface area contributed by atoms with Crippen molar-refractivity contribution in [1.29, 1.82) is 0 Å². The maximum atomic E-state index is 13.1. The molecule has 1 rings (SSSR count). The minimum absolute atomic E-state index is 0.110. The number of nitrogens with one attached hydrogen (secondary N) is 1. The van der Waals surface area contributed by atoms with Gasteiger partial charge in [-0.2, -0.15) is 0 Å². The second kappa shape index (κ2) is 8.36. The summed E-state index contributed by atoms with van der Waals surface area (Å²) in [6.45, 7) is 13.6. The molecule has 1 N–H and O–H groups in total. The predicted octanol–water partition coefficient (Wildman–Crippen LogP) is 3.37. The Labute approximate surface area is 146 Å². The summed E-state index contributed by atoms with van der Waals surface area (Å²) >= 11 is 0. The lowest BCUT2D eigenvalue weighted by atomic mass is 9.94. The van der Waals surface area contributed by atoms with Gasteiger partial charge in [0.2, 0.25) is 11.8 Å². The number of carbonyl (C=O) groups excluding carboxylic acids is 2. The summed E-state index contributed by atoms with van der Waals surface area (Å²) in [6, 6.07) is -0.673. The molecule has 0 saturated heterocycles. The van der Waals surface area contributed by atoms with E-state index < -0.39 is 11.5 Å². The number of hydrogen-bond donors (Lipinski definition) is 1. The molecule has 0 spiro atoms. The van der Waals surface area contributed by atoms with Crippen LogP contribution in [-0.4, -0.2) is 35.9 Å². The van der Waals surface area contributed by atoms with E-state index in [0.29, 0.717) is 12.1 Å². The van der Waals surface area contributed by atoms with Gasteiger partial charge in [0.05, 0.1) is 13.2 Å². The summed E-state index contributed by atoms with van der Waals surface area (Å²) < 4.78 is 5.42. The number of ether oxygens (including phenoxy) is 1. The number of carbonyl (C=O) groups is 2. The Bertz CT molecular complexity index is 517. The van der Waals surface area contributed by atoms with Crippen molar-refractivity contribution in [2.45, 2.75) is 72.4 Å². The SMILES string of the molecule is C=C1C=C(OC)C(CCC)N1C(=O)C(CCC)NC(=O)C(C)(C)C. The molecule has 2 atom stereocenters. The van der Waals surface area contributed by atoms with E-state index in [-0.39, 0.29) is 17.9 Å². The van der Waals surface area contributed by atoms with Crippen LogP contribution in [0.3, 0.4) is 0 Å². The summed E-state index contributed by atoms with van der Waals surface area (Å²) in [6.07, 6.45) is 4.95. The topological polar surface area (TPSA) is 58.6 Å². The molecule has 0 aromatic heterocycles. The fourth-order valence-corrected chi connectivity index (χ4v) is 2.78. The van der Waals surface area contributed by atoms with Gasteiger partial charge in [0, 0.05) is 17.2 Å². The molecule has 0 aromatic carbocycles. The number of nitrogens with zero attached hydrogens (tertiary/aromatic N) is 1. The van der Waals surface area contributed by atoms with E-state index in [2.05, 4.69) is 18.8 Å². The molecule has 0 saturated carbocycles. The molecule has 5 heteroatoms. The molecule has 0 fully saturated rings. The fraction of sp³-hybridized carbons (Fsp3) is 0.684. The zero-order valence-electron chi connectivity index (χ0n) is 15.9. The van der Waals surface area contributed by atoms with Crippen LogP contribution in [0.2, 0.25) is 0 Å². The van der Waals surface area contributed by atoms with Gasteiger partial charge < -0.3 is 15.0 Å². The monoisotopic (exact) mass is 336 g/mol. The van der Waals surface area contributed by atoms with Crippen molar-refractivity contribution >= 4 is 11.8 Å². The summed E-state index contributed by atoms with van der Waals surface area (Å²) in [5.74, 6) is 0.528. The van der Waals surface area contributed by atoms with Crippen LogP contribution in [0.5, 0.6) is 0 Å². The number of amides is 2. The second-order valence-electron chi connectivity index (χ2n) is 7.32. The van der Waals surface area contributed by atoms with Crippen molar-refractivity contribution in [2.24, 2.45) is 5.41 Å². The maximum absolute atomic E-state index is 13.1. The van der Waals surface area contributed by atoms with E-state index in [1.165, 1.54) is 0 Å². The Balaban J connectivity index is 3.01. The highest BCUT2D eigenvalue weighted by Crippen LogP contribution is 2.30. The van der Waals surface area contributed by atoms with Crippen LogP contribution in [0.25, 0.3) is 0 Å². The molecular formula is C19H32N2O3. The third-order valence-electron chi connectivity index (χ3n) is 4.16. The zero-order valence-corrected chi connectivity index (χ0v) is 15.9. The van der Waals surface area contributed by atoms with Crippen LogP contribution < -0.4 is 5.32 Å². The smallest absolute Gasteiger partial charge is 0.250 e. The molecule has 1 aliphatic rings. The fourth-order valence-electron chi connectivity index (χ4n) is 2.78. The molecule has 0 aliphatic carbocycles. The van der Waals surface area contributed by atoms with Gasteiger partial charge in [-0.1, -0.05) is 54.0 Å². The Hall–Kier alpha value is -1.78. The van der Waals surface area contributed by atoms with E-state index in [4.69, 9.17) is 4.74 Å². The van der Waals surface area contributed by atoms with Crippen molar-refractivity contribution in [1.82, 2.24) is 10.2 Å². The Kier molecular flexibility index (Phi) is 7.06. The second-order valence-corrected chi connectivity index (χ2v) is 7.32. The minimum Gasteiger partial charge on any atom is -0.499 e. The van der Waals surface area contributed by atoms with E-state index in [9.17, 15) is 9.59 Å². The van der Waals surface area contributed by atoms with Crippen molar-refractivity contribution in [3.05, 3.63) is 24.1 Å². The molecule has 2 unspecified atom stereocenters. The molecule has 0 bridgehead atoms. The Morgan fingerprint density at radius 1 is 1.33 bits per heavy atom. The Morgan fingerprint density at radius 3 is 2.42 bits per heavy atom. The molecule has 0 aromatic rings. The van der Waals surface area contributed by atoms with Gasteiger partial charge in [-0.05, 0) is 12.8 Å². The minimum atomic E-state index is -0.539. The van der Waals surface area contributed by atoms with Gasteiger partial charge in [-0.25, -0.2) is 0 Å². The van der Waals surface area contributed by atoms with Crippen LogP contribution in [0.1, 0.15) is 60.3 Å². The summed E-state index contributed by atoms with van der Waals surface area (Å²) in [7, 11) is 1.61. The highest BCUT2D eigenvalue weighted by molar-refractivity contribution is 5.91. The van der Waals surface area contributed by atoms with Crippen molar-refractivity contribution in [3.8, 4) is 0 Å². The van der Waals surface area contributed by atoms with Crippen molar-refractivity contribution in [2.75, 3.05) is 7.11 Å². The van der Waals surface area contributed by atoms with Gasteiger partial charge >= 0.3 is 0 Å². The lowest BCUT2D eigenvalue weighted by Gasteiger charge is -2.32. The lowest BCUT2D eigenvalue weighted by molar-refractivity contribution is -0.138. The first-order valence-corrected chi connectivity index (χ1v) is 8.75. The largest absolute Gasteiger partial charge is 0.499 e. The predicted molar refractivity (Wildman–Crippen MR) is 96.1 cm³/mol. The molecular weight excluding hydrogens is 304 g/mol. The number of rotatable bonds is 7. The first-order chi connectivity index (χ1) is 11.2. The molecule has 24 heavy (non-hydrogen) atoms. The van der Waals surface area contributed by atoms with Crippen LogP contribution in [0, 0.1) is 5.41 Å². The van der Waals surface area contributed by atoms with Gasteiger partial charge in [0.1, 0.15) is 11.8 Å². The van der Waals surface area contributed by atoms with Crippen LogP contribution in [0.4, 0.5) is 0 Å². The van der Waals surface area contributed by atoms with Gasteiger partial charge in [-0.15, -0.1) is 0 Å². The third kappa shape index (κ3) is 4.62. The maximum Gasteiger partial charge on any atom is 0.250 e. The third-order valence-corrected chi connectivity index (χ3v) is 4.16. The zero-order chi connectivity index (χ0) is 18.5. The van der Waals surface area contributed by atoms with E-state index in [0.717, 1.165) is 25.0 Å². The quantitative estimate of drug-likeness (QED) is 0.775. The highest BCUT2D eigenvalue weighted by Gasteiger charge is 2.38. The average Bonchev–Trinajstić information content (AvgIpc) is 2.81. The van der Waals surface area contributed by atoms with E-state index in [1.54, 1.807) is 12.0 Å². The van der Waals surface area contributed by atoms with Crippen LogP contribution in [-0.2, 0) is 14.3 Å². The summed E-state index contributed by atoms with van der Waals surface area (Å²) in [5, 5.41) is 2.92. The molecule has 0 radical (unpaired) electrons. The first kappa shape index (κ1) is 20.3. The molecule has 5 nitrogen and oxygen atoms in total.